The number of rotatable bonds is 2. The van der Waals surface area contributed by atoms with Crippen molar-refractivity contribution in [2.24, 2.45) is 0 Å². The molecular formula is C14H13FO2. The standard InChI is InChI=1S/C14H13FO2/c1-9-7-14(16)13(15)8-12(9)10-3-5-11(17-2)6-4-10/h3-8,16H,1-2H3. The van der Waals surface area contributed by atoms with Gasteiger partial charge in [0, 0.05) is 0 Å². The number of phenols is 1. The summed E-state index contributed by atoms with van der Waals surface area (Å²) in [5.74, 6) is -0.174. The molecule has 0 aliphatic carbocycles. The van der Waals surface area contributed by atoms with E-state index in [1.807, 2.05) is 31.2 Å². The molecular weight excluding hydrogens is 219 g/mol. The van der Waals surface area contributed by atoms with Gasteiger partial charge in [0.1, 0.15) is 5.75 Å². The van der Waals surface area contributed by atoms with Crippen LogP contribution < -0.4 is 4.74 Å². The molecule has 0 amide bonds. The Balaban J connectivity index is 2.48. The summed E-state index contributed by atoms with van der Waals surface area (Å²) in [6, 6.07) is 10.1. The molecule has 0 atom stereocenters. The zero-order chi connectivity index (χ0) is 12.4. The van der Waals surface area contributed by atoms with Crippen molar-refractivity contribution in [1.29, 1.82) is 0 Å². The third-order valence-electron chi connectivity index (χ3n) is 2.69. The monoisotopic (exact) mass is 232 g/mol. The highest BCUT2D eigenvalue weighted by atomic mass is 19.1. The molecule has 0 aromatic heterocycles. The normalized spacial score (nSPS) is 10.3. The third kappa shape index (κ3) is 2.23. The first-order valence-electron chi connectivity index (χ1n) is 5.25. The molecule has 1 N–H and O–H groups in total. The highest BCUT2D eigenvalue weighted by Gasteiger charge is 2.08. The van der Waals surface area contributed by atoms with E-state index >= 15 is 0 Å². The average Bonchev–Trinajstić information content (AvgIpc) is 2.34. The van der Waals surface area contributed by atoms with Crippen molar-refractivity contribution in [3.05, 3.63) is 47.8 Å². The van der Waals surface area contributed by atoms with Crippen molar-refractivity contribution in [3.63, 3.8) is 0 Å². The van der Waals surface area contributed by atoms with Crippen molar-refractivity contribution in [2.45, 2.75) is 6.92 Å². The van der Waals surface area contributed by atoms with Gasteiger partial charge in [-0.2, -0.15) is 0 Å². The van der Waals surface area contributed by atoms with Crippen LogP contribution in [0.15, 0.2) is 36.4 Å². The van der Waals surface area contributed by atoms with Crippen LogP contribution in [0.4, 0.5) is 4.39 Å². The van der Waals surface area contributed by atoms with E-state index in [1.54, 1.807) is 7.11 Å². The lowest BCUT2D eigenvalue weighted by Gasteiger charge is -2.08. The summed E-state index contributed by atoms with van der Waals surface area (Å²) in [6.07, 6.45) is 0. The zero-order valence-corrected chi connectivity index (χ0v) is 9.70. The van der Waals surface area contributed by atoms with E-state index in [2.05, 4.69) is 0 Å². The number of aromatic hydroxyl groups is 1. The van der Waals surface area contributed by atoms with Crippen molar-refractivity contribution < 1.29 is 14.2 Å². The van der Waals surface area contributed by atoms with Gasteiger partial charge in [-0.05, 0) is 47.9 Å². The topological polar surface area (TPSA) is 29.5 Å². The van der Waals surface area contributed by atoms with Gasteiger partial charge in [-0.25, -0.2) is 4.39 Å². The van der Waals surface area contributed by atoms with Crippen LogP contribution in [-0.4, -0.2) is 12.2 Å². The Morgan fingerprint density at radius 1 is 1.12 bits per heavy atom. The molecule has 17 heavy (non-hydrogen) atoms. The maximum absolute atomic E-state index is 13.3. The molecule has 0 unspecified atom stereocenters. The Morgan fingerprint density at radius 3 is 2.35 bits per heavy atom. The van der Waals surface area contributed by atoms with Gasteiger partial charge in [-0.3, -0.25) is 0 Å². The first kappa shape index (κ1) is 11.5. The third-order valence-corrected chi connectivity index (χ3v) is 2.69. The predicted octanol–water partition coefficient (Wildman–Crippen LogP) is 3.52. The van der Waals surface area contributed by atoms with Gasteiger partial charge in [0.05, 0.1) is 7.11 Å². The van der Waals surface area contributed by atoms with Crippen LogP contribution in [-0.2, 0) is 0 Å². The summed E-state index contributed by atoms with van der Waals surface area (Å²) in [5, 5.41) is 9.26. The molecule has 2 aromatic carbocycles. The van der Waals surface area contributed by atoms with Gasteiger partial charge in [0.25, 0.3) is 0 Å². The Kier molecular flexibility index (Phi) is 3.00. The SMILES string of the molecule is COc1ccc(-c2cc(F)c(O)cc2C)cc1. The summed E-state index contributed by atoms with van der Waals surface area (Å²) in [6.45, 7) is 1.83. The predicted molar refractivity (Wildman–Crippen MR) is 64.8 cm³/mol. The van der Waals surface area contributed by atoms with Crippen LogP contribution in [0.3, 0.4) is 0 Å². The molecule has 0 aliphatic rings. The van der Waals surface area contributed by atoms with Gasteiger partial charge in [-0.1, -0.05) is 12.1 Å². The molecule has 0 spiro atoms. The maximum atomic E-state index is 13.3. The first-order valence-corrected chi connectivity index (χ1v) is 5.25. The van der Waals surface area contributed by atoms with E-state index in [4.69, 9.17) is 4.74 Å². The fraction of sp³-hybridized carbons (Fsp3) is 0.143. The van der Waals surface area contributed by atoms with Crippen molar-refractivity contribution in [2.75, 3.05) is 7.11 Å². The van der Waals surface area contributed by atoms with Crippen LogP contribution in [0.5, 0.6) is 11.5 Å². The molecule has 88 valence electrons. The summed E-state index contributed by atoms with van der Waals surface area (Å²) in [7, 11) is 1.60. The molecule has 3 heteroatoms. The molecule has 2 nitrogen and oxygen atoms in total. The van der Waals surface area contributed by atoms with Crippen molar-refractivity contribution >= 4 is 0 Å². The number of hydrogen-bond donors (Lipinski definition) is 1. The molecule has 0 bridgehead atoms. The van der Waals surface area contributed by atoms with E-state index in [1.165, 1.54) is 12.1 Å². The van der Waals surface area contributed by atoms with E-state index in [9.17, 15) is 9.50 Å². The lowest BCUT2D eigenvalue weighted by atomic mass is 10.00. The van der Waals surface area contributed by atoms with Crippen LogP contribution in [0.25, 0.3) is 11.1 Å². The number of hydrogen-bond acceptors (Lipinski definition) is 2. The smallest absolute Gasteiger partial charge is 0.165 e. The number of halogens is 1. The Bertz CT molecular complexity index is 533. The second-order valence-electron chi connectivity index (χ2n) is 3.85. The van der Waals surface area contributed by atoms with E-state index in [-0.39, 0.29) is 5.75 Å². The zero-order valence-electron chi connectivity index (χ0n) is 9.70. The minimum atomic E-state index is -0.610. The fourth-order valence-electron chi connectivity index (χ4n) is 1.75. The number of phenolic OH excluding ortho intramolecular Hbond substituents is 1. The highest BCUT2D eigenvalue weighted by molar-refractivity contribution is 5.68. The lowest BCUT2D eigenvalue weighted by molar-refractivity contribution is 0.415. The van der Waals surface area contributed by atoms with Crippen LogP contribution in [0.2, 0.25) is 0 Å². The molecule has 2 aromatic rings. The minimum Gasteiger partial charge on any atom is -0.505 e. The number of benzene rings is 2. The minimum absolute atomic E-state index is 0.320. The number of ether oxygens (including phenoxy) is 1. The maximum Gasteiger partial charge on any atom is 0.165 e. The van der Waals surface area contributed by atoms with Gasteiger partial charge in [-0.15, -0.1) is 0 Å². The molecule has 0 aliphatic heterocycles. The lowest BCUT2D eigenvalue weighted by Crippen LogP contribution is -1.87. The van der Waals surface area contributed by atoms with Gasteiger partial charge >= 0.3 is 0 Å². The van der Waals surface area contributed by atoms with Crippen molar-refractivity contribution in [1.82, 2.24) is 0 Å². The van der Waals surface area contributed by atoms with Crippen LogP contribution >= 0.6 is 0 Å². The molecule has 0 radical (unpaired) electrons. The molecule has 0 saturated carbocycles. The Labute approximate surface area is 99.3 Å². The van der Waals surface area contributed by atoms with Crippen LogP contribution in [0.1, 0.15) is 5.56 Å². The second kappa shape index (κ2) is 4.45. The van der Waals surface area contributed by atoms with Gasteiger partial charge in [0.15, 0.2) is 11.6 Å². The van der Waals surface area contributed by atoms with Crippen molar-refractivity contribution in [3.8, 4) is 22.6 Å². The van der Waals surface area contributed by atoms with E-state index < -0.39 is 5.82 Å². The quantitative estimate of drug-likeness (QED) is 0.858. The van der Waals surface area contributed by atoms with Gasteiger partial charge in [0.2, 0.25) is 0 Å². The largest absolute Gasteiger partial charge is 0.505 e. The summed E-state index contributed by atoms with van der Waals surface area (Å²) in [5.41, 5.74) is 2.49. The molecule has 2 rings (SSSR count). The number of methoxy groups -OCH3 is 1. The van der Waals surface area contributed by atoms with E-state index in [0.717, 1.165) is 22.4 Å². The highest BCUT2D eigenvalue weighted by Crippen LogP contribution is 2.29. The Morgan fingerprint density at radius 2 is 1.76 bits per heavy atom. The summed E-state index contributed by atoms with van der Waals surface area (Å²) >= 11 is 0. The molecule has 0 saturated heterocycles. The van der Waals surface area contributed by atoms with Crippen LogP contribution in [0, 0.1) is 12.7 Å². The Hall–Kier alpha value is -2.03. The van der Waals surface area contributed by atoms with Gasteiger partial charge < -0.3 is 9.84 Å². The molecule has 0 fully saturated rings. The van der Waals surface area contributed by atoms with E-state index in [0.29, 0.717) is 0 Å². The average molecular weight is 232 g/mol. The fourth-order valence-corrected chi connectivity index (χ4v) is 1.75. The number of aryl methyl sites for hydroxylation is 1. The molecule has 0 heterocycles. The summed E-state index contributed by atoms with van der Waals surface area (Å²) < 4.78 is 18.4. The summed E-state index contributed by atoms with van der Waals surface area (Å²) in [4.78, 5) is 0. The first-order chi connectivity index (χ1) is 8.11. The second-order valence-corrected chi connectivity index (χ2v) is 3.85.